The summed E-state index contributed by atoms with van der Waals surface area (Å²) in [5, 5.41) is 6.90. The molecule has 112 valence electrons. The summed E-state index contributed by atoms with van der Waals surface area (Å²) in [6.45, 7) is 1.90. The largest absolute Gasteiger partial charge is 0.339 e. The second kappa shape index (κ2) is 6.43. The number of anilines is 1. The van der Waals surface area contributed by atoms with Gasteiger partial charge >= 0.3 is 6.03 Å². The molecule has 0 heterocycles. The van der Waals surface area contributed by atoms with Crippen LogP contribution in [0.4, 0.5) is 10.5 Å². The summed E-state index contributed by atoms with van der Waals surface area (Å²) in [5.41, 5.74) is 7.98. The number of carbonyl (C=O) groups excluding carboxylic acids is 1. The Bertz CT molecular complexity index is 708. The number of urea groups is 1. The topological polar surface area (TPSA) is 53.5 Å². The summed E-state index contributed by atoms with van der Waals surface area (Å²) in [4.78, 5) is 11.8. The first-order chi connectivity index (χ1) is 10.7. The molecule has 0 unspecified atom stereocenters. The molecule has 1 aliphatic carbocycles. The van der Waals surface area contributed by atoms with Gasteiger partial charge in [-0.05, 0) is 61.1 Å². The first-order valence-electron chi connectivity index (χ1n) is 7.51. The number of benzene rings is 2. The van der Waals surface area contributed by atoms with Gasteiger partial charge in [0.05, 0.1) is 5.71 Å². The monoisotopic (exact) mass is 293 g/mol. The van der Waals surface area contributed by atoms with E-state index in [1.807, 2.05) is 37.3 Å². The van der Waals surface area contributed by atoms with Crippen molar-refractivity contribution in [1.29, 1.82) is 0 Å². The smallest absolute Gasteiger partial charge is 0.307 e. The highest BCUT2D eigenvalue weighted by molar-refractivity contribution is 6.00. The van der Waals surface area contributed by atoms with E-state index < -0.39 is 0 Å². The van der Waals surface area contributed by atoms with E-state index in [1.165, 1.54) is 24.0 Å². The molecule has 2 N–H and O–H groups in total. The minimum absolute atomic E-state index is 0.341. The Labute approximate surface area is 130 Å². The van der Waals surface area contributed by atoms with Gasteiger partial charge in [-0.25, -0.2) is 10.2 Å². The van der Waals surface area contributed by atoms with Crippen LogP contribution in [0.5, 0.6) is 0 Å². The zero-order valence-electron chi connectivity index (χ0n) is 12.6. The van der Waals surface area contributed by atoms with Crippen molar-refractivity contribution >= 4 is 17.4 Å². The van der Waals surface area contributed by atoms with E-state index in [0.29, 0.717) is 0 Å². The molecule has 0 spiro atoms. The second-order valence-corrected chi connectivity index (χ2v) is 5.47. The molecule has 4 nitrogen and oxygen atoms in total. The molecule has 1 aliphatic rings. The Morgan fingerprint density at radius 2 is 1.82 bits per heavy atom. The van der Waals surface area contributed by atoms with Crippen LogP contribution in [0.15, 0.2) is 53.6 Å². The van der Waals surface area contributed by atoms with E-state index in [9.17, 15) is 4.79 Å². The van der Waals surface area contributed by atoms with Crippen molar-refractivity contribution in [1.82, 2.24) is 5.43 Å². The van der Waals surface area contributed by atoms with Gasteiger partial charge in [-0.2, -0.15) is 5.10 Å². The predicted octanol–water partition coefficient (Wildman–Crippen LogP) is 3.72. The van der Waals surface area contributed by atoms with Crippen LogP contribution in [0.1, 0.15) is 30.0 Å². The quantitative estimate of drug-likeness (QED) is 0.657. The van der Waals surface area contributed by atoms with Gasteiger partial charge in [0.1, 0.15) is 0 Å². The highest BCUT2D eigenvalue weighted by atomic mass is 16.2. The van der Waals surface area contributed by atoms with Crippen molar-refractivity contribution in [3.63, 3.8) is 0 Å². The maximum atomic E-state index is 11.8. The molecule has 0 aromatic heterocycles. The van der Waals surface area contributed by atoms with Crippen LogP contribution < -0.4 is 10.7 Å². The lowest BCUT2D eigenvalue weighted by Crippen LogP contribution is -2.25. The molecule has 3 rings (SSSR count). The number of nitrogens with one attached hydrogen (secondary N) is 2. The average molecular weight is 293 g/mol. The van der Waals surface area contributed by atoms with Gasteiger partial charge in [0.2, 0.25) is 0 Å². The summed E-state index contributed by atoms with van der Waals surface area (Å²) >= 11 is 0. The minimum atomic E-state index is -0.341. The third-order valence-electron chi connectivity index (χ3n) is 3.87. The number of amides is 2. The zero-order valence-corrected chi connectivity index (χ0v) is 12.6. The number of aryl methyl sites for hydroxylation is 2. The molecule has 22 heavy (non-hydrogen) atoms. The summed E-state index contributed by atoms with van der Waals surface area (Å²) in [6, 6.07) is 15.4. The molecule has 0 aliphatic heterocycles. The van der Waals surface area contributed by atoms with Gasteiger partial charge in [-0.1, -0.05) is 30.3 Å². The molecule has 2 aromatic rings. The van der Waals surface area contributed by atoms with Crippen LogP contribution in [0.3, 0.4) is 0 Å². The molecule has 0 bridgehead atoms. The van der Waals surface area contributed by atoms with Gasteiger partial charge in [0.15, 0.2) is 0 Å². The average Bonchev–Trinajstić information content (AvgIpc) is 3.01. The molecule has 0 fully saturated rings. The van der Waals surface area contributed by atoms with Crippen LogP contribution in [0, 0.1) is 0 Å². The van der Waals surface area contributed by atoms with E-state index >= 15 is 0 Å². The molecule has 0 radical (unpaired) electrons. The molecule has 0 saturated carbocycles. The van der Waals surface area contributed by atoms with Crippen molar-refractivity contribution in [3.8, 4) is 0 Å². The van der Waals surface area contributed by atoms with E-state index in [-0.39, 0.29) is 6.03 Å². The minimum Gasteiger partial charge on any atom is -0.307 e. The van der Waals surface area contributed by atoms with Gasteiger partial charge < -0.3 is 5.32 Å². The molecular weight excluding hydrogens is 274 g/mol. The summed E-state index contributed by atoms with van der Waals surface area (Å²) in [6.07, 6.45) is 3.54. The van der Waals surface area contributed by atoms with Crippen LogP contribution >= 0.6 is 0 Å². The SMILES string of the molecule is C/C(=N/NC(=O)Nc1ccccc1)c1ccc2c(c1)CCC2. The van der Waals surface area contributed by atoms with Crippen molar-refractivity contribution in [2.24, 2.45) is 5.10 Å². The number of para-hydroxylation sites is 1. The highest BCUT2D eigenvalue weighted by Gasteiger charge is 2.11. The van der Waals surface area contributed by atoms with Gasteiger partial charge in [-0.3, -0.25) is 0 Å². The molecule has 2 amide bonds. The van der Waals surface area contributed by atoms with Crippen LogP contribution in [0.25, 0.3) is 0 Å². The summed E-state index contributed by atoms with van der Waals surface area (Å²) in [7, 11) is 0. The van der Waals surface area contributed by atoms with Crippen molar-refractivity contribution < 1.29 is 4.79 Å². The normalized spacial score (nSPS) is 13.6. The van der Waals surface area contributed by atoms with E-state index in [2.05, 4.69) is 34.0 Å². The van der Waals surface area contributed by atoms with E-state index in [0.717, 1.165) is 23.4 Å². The molecule has 2 aromatic carbocycles. The Morgan fingerprint density at radius 1 is 1.05 bits per heavy atom. The number of fused-ring (bicyclic) bond motifs is 1. The van der Waals surface area contributed by atoms with Crippen molar-refractivity contribution in [2.75, 3.05) is 5.32 Å². The van der Waals surface area contributed by atoms with Crippen LogP contribution in [0.2, 0.25) is 0 Å². The van der Waals surface area contributed by atoms with E-state index in [4.69, 9.17) is 0 Å². The molecule has 0 saturated heterocycles. The fourth-order valence-electron chi connectivity index (χ4n) is 2.68. The Hall–Kier alpha value is -2.62. The first-order valence-corrected chi connectivity index (χ1v) is 7.51. The Kier molecular flexibility index (Phi) is 4.19. The lowest BCUT2D eigenvalue weighted by molar-refractivity contribution is 0.252. The number of hydrogen-bond acceptors (Lipinski definition) is 2. The Morgan fingerprint density at radius 3 is 2.64 bits per heavy atom. The fourth-order valence-corrected chi connectivity index (χ4v) is 2.68. The number of carbonyl (C=O) groups is 1. The lowest BCUT2D eigenvalue weighted by Gasteiger charge is -2.07. The van der Waals surface area contributed by atoms with Gasteiger partial charge in [0.25, 0.3) is 0 Å². The molecule has 4 heteroatoms. The Balaban J connectivity index is 1.63. The maximum Gasteiger partial charge on any atom is 0.339 e. The third kappa shape index (κ3) is 3.34. The highest BCUT2D eigenvalue weighted by Crippen LogP contribution is 2.23. The van der Waals surface area contributed by atoms with Gasteiger partial charge in [-0.15, -0.1) is 0 Å². The number of rotatable bonds is 3. The second-order valence-electron chi connectivity index (χ2n) is 5.47. The fraction of sp³-hybridized carbons (Fsp3) is 0.222. The van der Waals surface area contributed by atoms with Crippen LogP contribution in [-0.4, -0.2) is 11.7 Å². The summed E-state index contributed by atoms with van der Waals surface area (Å²) in [5.74, 6) is 0. The van der Waals surface area contributed by atoms with Crippen molar-refractivity contribution in [2.45, 2.75) is 26.2 Å². The standard InChI is InChI=1S/C18H19N3O/c1-13(15-11-10-14-6-5-7-16(14)12-15)20-21-18(22)19-17-8-3-2-4-9-17/h2-4,8-12H,5-7H2,1H3,(H2,19,21,22)/b20-13-. The predicted molar refractivity (Wildman–Crippen MR) is 89.3 cm³/mol. The van der Waals surface area contributed by atoms with E-state index in [1.54, 1.807) is 0 Å². The summed E-state index contributed by atoms with van der Waals surface area (Å²) < 4.78 is 0. The number of hydrogen-bond donors (Lipinski definition) is 2. The molecular formula is C18H19N3O. The first kappa shape index (κ1) is 14.3. The number of hydrazone groups is 1. The molecule has 0 atom stereocenters. The van der Waals surface area contributed by atoms with Crippen LogP contribution in [-0.2, 0) is 12.8 Å². The number of nitrogens with zero attached hydrogens (tertiary/aromatic N) is 1. The third-order valence-corrected chi connectivity index (χ3v) is 3.87. The van der Waals surface area contributed by atoms with Gasteiger partial charge in [0, 0.05) is 5.69 Å². The lowest BCUT2D eigenvalue weighted by atomic mass is 10.0. The zero-order chi connectivity index (χ0) is 15.4. The maximum absolute atomic E-state index is 11.8. The van der Waals surface area contributed by atoms with Crippen molar-refractivity contribution in [3.05, 3.63) is 65.2 Å².